The van der Waals surface area contributed by atoms with Crippen molar-refractivity contribution in [3.8, 4) is 0 Å². The van der Waals surface area contributed by atoms with Crippen molar-refractivity contribution in [1.29, 1.82) is 0 Å². The first-order valence-corrected chi connectivity index (χ1v) is 0. The molecule has 6 radical (unpaired) electrons. The summed E-state index contributed by atoms with van der Waals surface area (Å²) in [5, 5.41) is 0. The minimum atomic E-state index is 0. The molecule has 0 saturated heterocycles. The third-order valence-electron chi connectivity index (χ3n) is 0. The van der Waals surface area contributed by atoms with E-state index in [0.717, 1.165) is 0 Å². The summed E-state index contributed by atoms with van der Waals surface area (Å²) in [4.78, 5) is 0. The van der Waals surface area contributed by atoms with Gasteiger partial charge in [-0.3, -0.25) is 0 Å². The second kappa shape index (κ2) is 51.5. The SMILES string of the molecule is [Co].[Cu].[O-2].[O-2].[Sn].[Ti+4]. The number of hydrogen-bond acceptors (Lipinski definition) is 0. The van der Waals surface area contributed by atoms with Crippen LogP contribution in [0.5, 0.6) is 0 Å². The van der Waals surface area contributed by atoms with Crippen molar-refractivity contribution in [3.63, 3.8) is 0 Å². The fraction of sp³-hybridized carbons (Fsp3) is 0. The summed E-state index contributed by atoms with van der Waals surface area (Å²) in [6, 6.07) is 0. The monoisotopic (exact) mass is 322 g/mol. The largest absolute Gasteiger partial charge is 4.00 e. The van der Waals surface area contributed by atoms with E-state index in [9.17, 15) is 0 Å². The van der Waals surface area contributed by atoms with Crippen molar-refractivity contribution in [2.75, 3.05) is 0 Å². The van der Waals surface area contributed by atoms with Crippen LogP contribution in [0.1, 0.15) is 0 Å². The van der Waals surface area contributed by atoms with Gasteiger partial charge in [-0.05, 0) is 0 Å². The van der Waals surface area contributed by atoms with Gasteiger partial charge in [-0.15, -0.1) is 0 Å². The Labute approximate surface area is 89.3 Å². The molecule has 0 heterocycles. The van der Waals surface area contributed by atoms with Crippen molar-refractivity contribution in [1.82, 2.24) is 0 Å². The molecule has 0 N–H and O–H groups in total. The first-order valence-electron chi connectivity index (χ1n) is 0. The second-order valence-electron chi connectivity index (χ2n) is 0. The average molecular weight is 321 g/mol. The summed E-state index contributed by atoms with van der Waals surface area (Å²) in [6.07, 6.45) is 0. The predicted octanol–water partition coefficient (Wildman–Crippen LogP) is -0.626. The summed E-state index contributed by atoms with van der Waals surface area (Å²) < 4.78 is 0. The van der Waals surface area contributed by atoms with Gasteiger partial charge in [0.05, 0.1) is 0 Å². The van der Waals surface area contributed by atoms with E-state index in [1.54, 1.807) is 0 Å². The molecule has 0 fully saturated rings. The third-order valence-corrected chi connectivity index (χ3v) is 0. The predicted molar refractivity (Wildman–Crippen MR) is 7.13 cm³/mol. The van der Waals surface area contributed by atoms with E-state index in [-0.39, 0.29) is 90.4 Å². The minimum Gasteiger partial charge on any atom is -2.00 e. The Hall–Kier alpha value is 2.46. The Morgan fingerprint density at radius 2 is 0.833 bits per heavy atom. The van der Waals surface area contributed by atoms with Gasteiger partial charge in [0.25, 0.3) is 0 Å². The zero-order valence-electron chi connectivity index (χ0n) is 2.45. The Bertz CT molecular complexity index is 13.5. The second-order valence-corrected chi connectivity index (χ2v) is 0. The van der Waals surface area contributed by atoms with Gasteiger partial charge in [0.1, 0.15) is 0 Å². The molecule has 0 aromatic rings. The van der Waals surface area contributed by atoms with E-state index in [2.05, 4.69) is 0 Å². The first kappa shape index (κ1) is 77.8. The molecule has 0 aliphatic heterocycles. The van der Waals surface area contributed by atoms with Crippen LogP contribution < -0.4 is 0 Å². The molecule has 0 aromatic heterocycles. The summed E-state index contributed by atoms with van der Waals surface area (Å²) in [6.45, 7) is 0. The molecule has 0 rings (SSSR count). The van der Waals surface area contributed by atoms with Crippen molar-refractivity contribution >= 4 is 23.9 Å². The molecule has 0 amide bonds. The van der Waals surface area contributed by atoms with Crippen molar-refractivity contribution in [2.45, 2.75) is 0 Å². The van der Waals surface area contributed by atoms with Crippen LogP contribution in [-0.2, 0) is 66.5 Å². The molecular formula is CoCuO2SnTi. The van der Waals surface area contributed by atoms with Crippen LogP contribution in [0.25, 0.3) is 0 Å². The molecule has 0 spiro atoms. The molecule has 0 unspecified atom stereocenters. The van der Waals surface area contributed by atoms with Crippen LogP contribution >= 0.6 is 0 Å². The van der Waals surface area contributed by atoms with E-state index in [4.69, 9.17) is 0 Å². The third kappa shape index (κ3) is 31.8. The maximum atomic E-state index is 0. The topological polar surface area (TPSA) is 57.0 Å². The van der Waals surface area contributed by atoms with Crippen LogP contribution in [0.4, 0.5) is 0 Å². The fourth-order valence-corrected chi connectivity index (χ4v) is 0. The maximum Gasteiger partial charge on any atom is 4.00 e. The van der Waals surface area contributed by atoms with E-state index >= 15 is 0 Å². The quantitative estimate of drug-likeness (QED) is 0.534. The molecule has 0 atom stereocenters. The zero-order valence-corrected chi connectivity index (χ0v) is 8.85. The van der Waals surface area contributed by atoms with Gasteiger partial charge >= 0.3 is 21.7 Å². The van der Waals surface area contributed by atoms with Crippen molar-refractivity contribution in [2.24, 2.45) is 0 Å². The van der Waals surface area contributed by atoms with Crippen LogP contribution in [0, 0.1) is 0 Å². The van der Waals surface area contributed by atoms with Crippen LogP contribution in [0.2, 0.25) is 0 Å². The van der Waals surface area contributed by atoms with Crippen molar-refractivity contribution in [3.05, 3.63) is 0 Å². The molecular weight excluding hydrogens is 321 g/mol. The van der Waals surface area contributed by atoms with Gasteiger partial charge in [0.15, 0.2) is 0 Å². The van der Waals surface area contributed by atoms with Crippen molar-refractivity contribution < 1.29 is 66.5 Å². The number of hydrogen-bond donors (Lipinski definition) is 0. The summed E-state index contributed by atoms with van der Waals surface area (Å²) in [5.74, 6) is 0. The molecule has 0 saturated carbocycles. The van der Waals surface area contributed by atoms with Crippen LogP contribution in [-0.4, -0.2) is 23.9 Å². The smallest absolute Gasteiger partial charge is 2.00 e. The van der Waals surface area contributed by atoms with Crippen LogP contribution in [0.15, 0.2) is 0 Å². The molecule has 40 valence electrons. The normalized spacial score (nSPS) is 0. The molecule has 0 aromatic carbocycles. The Balaban J connectivity index is 0. The fourth-order valence-electron chi connectivity index (χ4n) is 0. The van der Waals surface area contributed by atoms with E-state index in [1.165, 1.54) is 0 Å². The average Bonchev–Trinajstić information content (AvgIpc) is 0. The summed E-state index contributed by atoms with van der Waals surface area (Å²) >= 11 is 0. The van der Waals surface area contributed by atoms with Gasteiger partial charge in [-0.2, -0.15) is 0 Å². The van der Waals surface area contributed by atoms with Gasteiger partial charge in [0, 0.05) is 57.8 Å². The minimum absolute atomic E-state index is 0. The van der Waals surface area contributed by atoms with E-state index in [0.29, 0.717) is 0 Å². The first-order chi connectivity index (χ1) is 0. The molecule has 0 bridgehead atoms. The summed E-state index contributed by atoms with van der Waals surface area (Å²) in [5.41, 5.74) is 0. The van der Waals surface area contributed by atoms with Gasteiger partial charge < -0.3 is 11.0 Å². The molecule has 0 aliphatic carbocycles. The Kier molecular flexibility index (Phi) is 668. The van der Waals surface area contributed by atoms with Gasteiger partial charge in [0.2, 0.25) is 0 Å². The molecule has 2 nitrogen and oxygen atoms in total. The maximum absolute atomic E-state index is 0. The van der Waals surface area contributed by atoms with Crippen LogP contribution in [0.3, 0.4) is 0 Å². The summed E-state index contributed by atoms with van der Waals surface area (Å²) in [7, 11) is 0. The Morgan fingerprint density at radius 1 is 0.833 bits per heavy atom. The Morgan fingerprint density at radius 3 is 0.833 bits per heavy atom. The molecule has 6 heavy (non-hydrogen) atoms. The van der Waals surface area contributed by atoms with E-state index in [1.807, 2.05) is 0 Å². The zero-order chi connectivity index (χ0) is 0. The van der Waals surface area contributed by atoms with Gasteiger partial charge in [-0.1, -0.05) is 0 Å². The molecule has 6 heteroatoms. The molecule has 0 aliphatic rings. The number of rotatable bonds is 0. The van der Waals surface area contributed by atoms with E-state index < -0.39 is 0 Å². The van der Waals surface area contributed by atoms with Gasteiger partial charge in [-0.25, -0.2) is 0 Å². The standard InChI is InChI=1S/Co.Cu.2O.Sn.Ti/q;;2*-2;;+4.